The number of nitrogens with zero attached hydrogens (tertiary/aromatic N) is 1. The zero-order valence-corrected chi connectivity index (χ0v) is 15.7. The van der Waals surface area contributed by atoms with Gasteiger partial charge in [0.1, 0.15) is 6.04 Å². The highest BCUT2D eigenvalue weighted by Gasteiger charge is 2.51. The summed E-state index contributed by atoms with van der Waals surface area (Å²) in [5.41, 5.74) is 3.83. The van der Waals surface area contributed by atoms with Gasteiger partial charge in [-0.3, -0.25) is 14.8 Å². The molecule has 0 saturated heterocycles. The molecule has 0 heterocycles. The number of benzene rings is 1. The Kier molecular flexibility index (Phi) is 6.22. The number of carbonyl (C=O) groups excluding carboxylic acids is 2. The summed E-state index contributed by atoms with van der Waals surface area (Å²) in [6.07, 6.45) is 3.94. The summed E-state index contributed by atoms with van der Waals surface area (Å²) < 4.78 is 0. The summed E-state index contributed by atoms with van der Waals surface area (Å²) in [5, 5.41) is 9.00. The molecule has 1 aromatic carbocycles. The van der Waals surface area contributed by atoms with Crippen LogP contribution >= 0.6 is 0 Å². The Bertz CT molecular complexity index is 606. The van der Waals surface area contributed by atoms with Crippen molar-refractivity contribution in [3.05, 3.63) is 35.4 Å². The van der Waals surface area contributed by atoms with Gasteiger partial charge in [0.15, 0.2) is 0 Å². The topological polar surface area (TPSA) is 69.6 Å². The Hall–Kier alpha value is -1.88. The van der Waals surface area contributed by atoms with Crippen LogP contribution in [0.3, 0.4) is 0 Å². The minimum atomic E-state index is -0.630. The van der Waals surface area contributed by atoms with Crippen molar-refractivity contribution in [1.29, 1.82) is 0 Å². The van der Waals surface area contributed by atoms with Crippen molar-refractivity contribution < 1.29 is 14.8 Å². The van der Waals surface area contributed by atoms with E-state index >= 15 is 0 Å². The molecule has 1 aromatic rings. The molecule has 1 aliphatic carbocycles. The third-order valence-corrected chi connectivity index (χ3v) is 5.22. The van der Waals surface area contributed by atoms with Crippen LogP contribution in [0.1, 0.15) is 50.7 Å². The van der Waals surface area contributed by atoms with Crippen LogP contribution in [0.5, 0.6) is 0 Å². The van der Waals surface area contributed by atoms with E-state index < -0.39 is 11.9 Å². The predicted octanol–water partition coefficient (Wildman–Crippen LogP) is 3.09. The first-order chi connectivity index (χ1) is 11.8. The van der Waals surface area contributed by atoms with Crippen molar-refractivity contribution in [3.8, 4) is 0 Å². The number of hydrogen-bond acceptors (Lipinski definition) is 3. The van der Waals surface area contributed by atoms with E-state index in [0.717, 1.165) is 25.7 Å². The molecule has 0 radical (unpaired) electrons. The van der Waals surface area contributed by atoms with Gasteiger partial charge in [-0.1, -0.05) is 43.7 Å². The fourth-order valence-electron chi connectivity index (χ4n) is 3.34. The maximum Gasteiger partial charge on any atom is 0.266 e. The molecule has 5 heteroatoms. The average Bonchev–Trinajstić information content (AvgIpc) is 3.38. The van der Waals surface area contributed by atoms with E-state index in [1.54, 1.807) is 12.5 Å². The lowest BCUT2D eigenvalue weighted by Gasteiger charge is -2.31. The second kappa shape index (κ2) is 8.00. The molecule has 5 nitrogen and oxygen atoms in total. The third-order valence-electron chi connectivity index (χ3n) is 5.22. The van der Waals surface area contributed by atoms with E-state index in [2.05, 4.69) is 31.2 Å². The maximum atomic E-state index is 13.0. The number of amides is 2. The number of carbonyl (C=O) groups is 2. The Morgan fingerprint density at radius 3 is 2.32 bits per heavy atom. The van der Waals surface area contributed by atoms with E-state index in [1.807, 2.05) is 13.8 Å². The van der Waals surface area contributed by atoms with Gasteiger partial charge in [-0.15, -0.1) is 0 Å². The van der Waals surface area contributed by atoms with Crippen LogP contribution in [0, 0.1) is 18.3 Å². The Morgan fingerprint density at radius 2 is 1.84 bits per heavy atom. The largest absolute Gasteiger partial charge is 0.333 e. The number of aryl methyl sites for hydroxylation is 2. The van der Waals surface area contributed by atoms with E-state index in [4.69, 9.17) is 5.21 Å². The van der Waals surface area contributed by atoms with Gasteiger partial charge >= 0.3 is 0 Å². The van der Waals surface area contributed by atoms with Crippen molar-refractivity contribution >= 4 is 11.8 Å². The van der Waals surface area contributed by atoms with E-state index in [1.165, 1.54) is 16.0 Å². The minimum Gasteiger partial charge on any atom is -0.333 e. The molecule has 2 rings (SSSR count). The highest BCUT2D eigenvalue weighted by atomic mass is 16.5. The first-order valence-corrected chi connectivity index (χ1v) is 9.06. The third kappa shape index (κ3) is 4.82. The molecule has 0 spiro atoms. The summed E-state index contributed by atoms with van der Waals surface area (Å²) in [6.45, 7) is 6.06. The quantitative estimate of drug-likeness (QED) is 0.561. The van der Waals surface area contributed by atoms with E-state index in [-0.39, 0.29) is 17.2 Å². The molecule has 1 aliphatic rings. The van der Waals surface area contributed by atoms with Crippen LogP contribution in [-0.2, 0) is 16.0 Å². The van der Waals surface area contributed by atoms with E-state index in [9.17, 15) is 9.59 Å². The normalized spacial score (nSPS) is 16.4. The van der Waals surface area contributed by atoms with Gasteiger partial charge in [0.2, 0.25) is 5.91 Å². The lowest BCUT2D eigenvalue weighted by Crippen LogP contribution is -2.50. The molecule has 2 amide bonds. The number of hydroxylamine groups is 1. The summed E-state index contributed by atoms with van der Waals surface area (Å²) in [5.74, 6) is -0.243. The van der Waals surface area contributed by atoms with Gasteiger partial charge in [-0.25, -0.2) is 5.48 Å². The molecule has 0 aliphatic heterocycles. The molecule has 2 N–H and O–H groups in total. The summed E-state index contributed by atoms with van der Waals surface area (Å²) in [7, 11) is 1.68. The molecule has 25 heavy (non-hydrogen) atoms. The highest BCUT2D eigenvalue weighted by Crippen LogP contribution is 2.51. The highest BCUT2D eigenvalue weighted by molar-refractivity contribution is 5.91. The molecule has 1 atom stereocenters. The Labute approximate surface area is 150 Å². The van der Waals surface area contributed by atoms with Gasteiger partial charge in [0.25, 0.3) is 5.91 Å². The molecule has 0 bridgehead atoms. The number of likely N-dealkylation sites (N-methyl/N-ethyl adjacent to an activating group) is 1. The minimum absolute atomic E-state index is 0.0221. The Morgan fingerprint density at radius 1 is 1.24 bits per heavy atom. The summed E-state index contributed by atoms with van der Waals surface area (Å²) >= 11 is 0. The van der Waals surface area contributed by atoms with Gasteiger partial charge in [-0.2, -0.15) is 0 Å². The molecule has 1 fully saturated rings. The first-order valence-electron chi connectivity index (χ1n) is 9.06. The zero-order valence-electron chi connectivity index (χ0n) is 15.7. The monoisotopic (exact) mass is 346 g/mol. The molecular weight excluding hydrogens is 316 g/mol. The number of hydrogen-bond donors (Lipinski definition) is 2. The number of nitrogens with one attached hydrogen (secondary N) is 1. The van der Waals surface area contributed by atoms with Gasteiger partial charge in [0.05, 0.1) is 0 Å². The summed E-state index contributed by atoms with van der Waals surface area (Å²) in [4.78, 5) is 26.5. The first kappa shape index (κ1) is 19.4. The van der Waals surface area contributed by atoms with Crippen LogP contribution in [0.4, 0.5) is 0 Å². The van der Waals surface area contributed by atoms with E-state index in [0.29, 0.717) is 6.42 Å². The fraction of sp³-hybridized carbons (Fsp3) is 0.600. The number of rotatable bonds is 8. The average molecular weight is 346 g/mol. The van der Waals surface area contributed by atoms with Crippen molar-refractivity contribution in [1.82, 2.24) is 10.4 Å². The van der Waals surface area contributed by atoms with Gasteiger partial charge in [-0.05, 0) is 50.5 Å². The van der Waals surface area contributed by atoms with Gasteiger partial charge in [0, 0.05) is 12.5 Å². The molecule has 0 unspecified atom stereocenters. The standard InChI is InChI=1S/C20H30N2O3/c1-14(2)13-17(18(23)21-25)22(4)19(24)20(11-12-20)10-9-16-7-5-15(3)6-8-16/h5-8,14,17,25H,9-13H2,1-4H3,(H,21,23)/t17-/m1/s1. The van der Waals surface area contributed by atoms with Crippen LogP contribution in [0.15, 0.2) is 24.3 Å². The summed E-state index contributed by atoms with van der Waals surface area (Å²) in [6, 6.07) is 7.77. The van der Waals surface area contributed by atoms with Crippen molar-refractivity contribution in [3.63, 3.8) is 0 Å². The second-order valence-electron chi connectivity index (χ2n) is 7.80. The fourth-order valence-corrected chi connectivity index (χ4v) is 3.34. The smallest absolute Gasteiger partial charge is 0.266 e. The molecule has 1 saturated carbocycles. The van der Waals surface area contributed by atoms with Gasteiger partial charge < -0.3 is 4.90 Å². The zero-order chi connectivity index (χ0) is 18.6. The molecule has 0 aromatic heterocycles. The SMILES string of the molecule is Cc1ccc(CCC2(C(=O)N(C)[C@H](CC(C)C)C(=O)NO)CC2)cc1. The Balaban J connectivity index is 2.03. The van der Waals surface area contributed by atoms with Crippen LogP contribution in [-0.4, -0.2) is 35.0 Å². The second-order valence-corrected chi connectivity index (χ2v) is 7.80. The maximum absolute atomic E-state index is 13.0. The van der Waals surface area contributed by atoms with Crippen molar-refractivity contribution in [2.45, 2.75) is 58.9 Å². The van der Waals surface area contributed by atoms with Crippen LogP contribution < -0.4 is 5.48 Å². The lowest BCUT2D eigenvalue weighted by atomic mass is 9.93. The molecular formula is C20H30N2O3. The van der Waals surface area contributed by atoms with Crippen molar-refractivity contribution in [2.24, 2.45) is 11.3 Å². The predicted molar refractivity (Wildman–Crippen MR) is 97.1 cm³/mol. The lowest BCUT2D eigenvalue weighted by molar-refractivity contribution is -0.147. The molecule has 138 valence electrons. The van der Waals surface area contributed by atoms with Crippen LogP contribution in [0.25, 0.3) is 0 Å². The van der Waals surface area contributed by atoms with Crippen LogP contribution in [0.2, 0.25) is 0 Å². The van der Waals surface area contributed by atoms with Crippen molar-refractivity contribution in [2.75, 3.05) is 7.05 Å².